The van der Waals surface area contributed by atoms with Crippen LogP contribution in [0.25, 0.3) is 10.9 Å². The number of hydrogen-bond acceptors (Lipinski definition) is 2. The van der Waals surface area contributed by atoms with Crippen molar-refractivity contribution in [1.82, 2.24) is 9.97 Å². The molecule has 5 heteroatoms. The Hall–Kier alpha value is -1.63. The van der Waals surface area contributed by atoms with E-state index in [1.807, 2.05) is 18.3 Å². The van der Waals surface area contributed by atoms with Crippen LogP contribution in [0.1, 0.15) is 0 Å². The number of pyridine rings is 1. The molecule has 1 aromatic carbocycles. The predicted octanol–water partition coefficient (Wildman–Crippen LogP) is 4.05. The smallest absolute Gasteiger partial charge is 0.147 e. The third-order valence-electron chi connectivity index (χ3n) is 2.68. The molecule has 0 spiro atoms. The number of nitrogens with one attached hydrogen (secondary N) is 2. The zero-order valence-corrected chi connectivity index (χ0v) is 11.4. The molecular formula is C13H9FIN3. The minimum Gasteiger partial charge on any atom is -0.359 e. The van der Waals surface area contributed by atoms with E-state index in [1.165, 1.54) is 6.07 Å². The van der Waals surface area contributed by atoms with Gasteiger partial charge in [-0.15, -0.1) is 0 Å². The van der Waals surface area contributed by atoms with Gasteiger partial charge in [0.15, 0.2) is 0 Å². The standard InChI is InChI=1S/C13H9FIN3/c14-10-5-8(15)1-2-12(10)18-13-7-17-11-3-4-16-6-9(11)13/h1-7,17-18H. The number of aromatic amines is 1. The molecule has 3 aromatic rings. The minimum absolute atomic E-state index is 0.264. The maximum atomic E-state index is 13.7. The van der Waals surface area contributed by atoms with Gasteiger partial charge in [0.2, 0.25) is 0 Å². The Morgan fingerprint density at radius 1 is 1.22 bits per heavy atom. The average Bonchev–Trinajstić information content (AvgIpc) is 2.76. The maximum absolute atomic E-state index is 13.7. The SMILES string of the molecule is Fc1cc(I)ccc1Nc1c[nH]c2ccncc12. The normalized spacial score (nSPS) is 10.8. The summed E-state index contributed by atoms with van der Waals surface area (Å²) < 4.78 is 14.6. The van der Waals surface area contributed by atoms with E-state index in [2.05, 4.69) is 37.9 Å². The molecule has 0 fully saturated rings. The van der Waals surface area contributed by atoms with E-state index in [-0.39, 0.29) is 5.82 Å². The summed E-state index contributed by atoms with van der Waals surface area (Å²) in [4.78, 5) is 7.18. The van der Waals surface area contributed by atoms with E-state index >= 15 is 0 Å². The van der Waals surface area contributed by atoms with Gasteiger partial charge < -0.3 is 10.3 Å². The summed E-state index contributed by atoms with van der Waals surface area (Å²) in [5.41, 5.74) is 2.25. The number of fused-ring (bicyclic) bond motifs is 1. The lowest BCUT2D eigenvalue weighted by Gasteiger charge is -2.06. The van der Waals surface area contributed by atoms with Gasteiger partial charge in [-0.25, -0.2) is 4.39 Å². The van der Waals surface area contributed by atoms with Crippen molar-refractivity contribution in [1.29, 1.82) is 0 Å². The van der Waals surface area contributed by atoms with Crippen LogP contribution in [0.4, 0.5) is 15.8 Å². The molecule has 2 N–H and O–H groups in total. The number of nitrogens with zero attached hydrogens (tertiary/aromatic N) is 1. The lowest BCUT2D eigenvalue weighted by atomic mass is 10.2. The van der Waals surface area contributed by atoms with Gasteiger partial charge in [-0.2, -0.15) is 0 Å². The van der Waals surface area contributed by atoms with Crippen LogP contribution in [0.5, 0.6) is 0 Å². The van der Waals surface area contributed by atoms with Crippen molar-refractivity contribution in [2.75, 3.05) is 5.32 Å². The Balaban J connectivity index is 2.01. The Bertz CT molecular complexity index is 708. The maximum Gasteiger partial charge on any atom is 0.147 e. The number of hydrogen-bond donors (Lipinski definition) is 2. The summed E-state index contributed by atoms with van der Waals surface area (Å²) in [6.07, 6.45) is 5.27. The molecule has 0 aliphatic heterocycles. The number of halogens is 2. The van der Waals surface area contributed by atoms with Crippen LogP contribution >= 0.6 is 22.6 Å². The quantitative estimate of drug-likeness (QED) is 0.683. The summed E-state index contributed by atoms with van der Waals surface area (Å²) in [6, 6.07) is 6.96. The zero-order valence-electron chi connectivity index (χ0n) is 9.24. The molecule has 0 amide bonds. The van der Waals surface area contributed by atoms with Crippen molar-refractivity contribution in [3.8, 4) is 0 Å². The summed E-state index contributed by atoms with van der Waals surface area (Å²) in [7, 11) is 0. The number of aromatic nitrogens is 2. The molecule has 2 aromatic heterocycles. The highest BCUT2D eigenvalue weighted by Gasteiger charge is 2.07. The minimum atomic E-state index is -0.264. The first kappa shape index (κ1) is 11.5. The third-order valence-corrected chi connectivity index (χ3v) is 3.35. The molecule has 0 unspecified atom stereocenters. The highest BCUT2D eigenvalue weighted by molar-refractivity contribution is 14.1. The molecule has 0 aliphatic carbocycles. The van der Waals surface area contributed by atoms with E-state index in [0.717, 1.165) is 20.2 Å². The van der Waals surface area contributed by atoms with Crippen LogP contribution in [0.3, 0.4) is 0 Å². The topological polar surface area (TPSA) is 40.7 Å². The Morgan fingerprint density at radius 3 is 2.94 bits per heavy atom. The first-order valence-corrected chi connectivity index (χ1v) is 6.45. The molecule has 0 radical (unpaired) electrons. The van der Waals surface area contributed by atoms with Gasteiger partial charge in [0, 0.05) is 27.5 Å². The molecule has 0 bridgehead atoms. The monoisotopic (exact) mass is 353 g/mol. The van der Waals surface area contributed by atoms with Crippen molar-refractivity contribution in [3.63, 3.8) is 0 Å². The molecule has 0 saturated carbocycles. The molecule has 2 heterocycles. The molecule has 3 nitrogen and oxygen atoms in total. The zero-order chi connectivity index (χ0) is 12.5. The fourth-order valence-electron chi connectivity index (χ4n) is 1.80. The van der Waals surface area contributed by atoms with Crippen molar-refractivity contribution in [2.24, 2.45) is 0 Å². The Labute approximate surface area is 117 Å². The van der Waals surface area contributed by atoms with E-state index in [0.29, 0.717) is 5.69 Å². The van der Waals surface area contributed by atoms with Crippen LogP contribution < -0.4 is 5.32 Å². The number of rotatable bonds is 2. The second-order valence-electron chi connectivity index (χ2n) is 3.87. The van der Waals surface area contributed by atoms with Gasteiger partial charge in [-0.3, -0.25) is 4.98 Å². The fourth-order valence-corrected chi connectivity index (χ4v) is 2.26. The predicted molar refractivity (Wildman–Crippen MR) is 78.5 cm³/mol. The van der Waals surface area contributed by atoms with Crippen molar-refractivity contribution in [3.05, 3.63) is 52.2 Å². The van der Waals surface area contributed by atoms with E-state index in [9.17, 15) is 4.39 Å². The highest BCUT2D eigenvalue weighted by atomic mass is 127. The Morgan fingerprint density at radius 2 is 2.11 bits per heavy atom. The number of H-pyrrole nitrogens is 1. The fraction of sp³-hybridized carbons (Fsp3) is 0. The van der Waals surface area contributed by atoms with E-state index in [4.69, 9.17) is 0 Å². The summed E-state index contributed by atoms with van der Waals surface area (Å²) in [5, 5.41) is 4.01. The van der Waals surface area contributed by atoms with Gasteiger partial charge in [0.1, 0.15) is 5.82 Å². The Kier molecular flexibility index (Phi) is 2.91. The third kappa shape index (κ3) is 2.05. The van der Waals surface area contributed by atoms with Crippen molar-refractivity contribution >= 4 is 44.9 Å². The van der Waals surface area contributed by atoms with E-state index < -0.39 is 0 Å². The van der Waals surface area contributed by atoms with Crippen molar-refractivity contribution < 1.29 is 4.39 Å². The molecule has 3 rings (SSSR count). The van der Waals surface area contributed by atoms with Gasteiger partial charge in [-0.1, -0.05) is 0 Å². The van der Waals surface area contributed by atoms with Crippen LogP contribution in [-0.4, -0.2) is 9.97 Å². The lowest BCUT2D eigenvalue weighted by molar-refractivity contribution is 0.631. The highest BCUT2D eigenvalue weighted by Crippen LogP contribution is 2.27. The van der Waals surface area contributed by atoms with Gasteiger partial charge >= 0.3 is 0 Å². The molecule has 0 atom stereocenters. The van der Waals surface area contributed by atoms with Crippen LogP contribution in [-0.2, 0) is 0 Å². The number of anilines is 2. The lowest BCUT2D eigenvalue weighted by Crippen LogP contribution is -1.93. The first-order chi connectivity index (χ1) is 8.74. The van der Waals surface area contributed by atoms with Gasteiger partial charge in [0.05, 0.1) is 16.9 Å². The average molecular weight is 353 g/mol. The summed E-state index contributed by atoms with van der Waals surface area (Å²) in [6.45, 7) is 0. The van der Waals surface area contributed by atoms with Crippen molar-refractivity contribution in [2.45, 2.75) is 0 Å². The van der Waals surface area contributed by atoms with E-state index in [1.54, 1.807) is 18.5 Å². The van der Waals surface area contributed by atoms with Gasteiger partial charge in [-0.05, 0) is 46.9 Å². The van der Waals surface area contributed by atoms with Gasteiger partial charge in [0.25, 0.3) is 0 Å². The second-order valence-corrected chi connectivity index (χ2v) is 5.12. The molecule has 0 saturated heterocycles. The first-order valence-electron chi connectivity index (χ1n) is 5.37. The van der Waals surface area contributed by atoms with Crippen LogP contribution in [0, 0.1) is 9.39 Å². The molecule has 90 valence electrons. The second kappa shape index (κ2) is 4.56. The van der Waals surface area contributed by atoms with Crippen LogP contribution in [0.15, 0.2) is 42.9 Å². The molecule has 0 aliphatic rings. The molecular weight excluding hydrogens is 344 g/mol. The van der Waals surface area contributed by atoms with Crippen LogP contribution in [0.2, 0.25) is 0 Å². The summed E-state index contributed by atoms with van der Waals surface area (Å²) >= 11 is 2.08. The summed E-state index contributed by atoms with van der Waals surface area (Å²) in [5.74, 6) is -0.264. The number of benzene rings is 1. The molecule has 18 heavy (non-hydrogen) atoms. The largest absolute Gasteiger partial charge is 0.359 e.